The SMILES string of the molecule is CN(C)C(=O)c1ccc2c(c1)N(C)[C@H](CC(=O)NCCCn1ccnc1)CO2. The van der Waals surface area contributed by atoms with Crippen LogP contribution >= 0.6 is 0 Å². The number of aromatic nitrogens is 2. The highest BCUT2D eigenvalue weighted by Gasteiger charge is 2.27. The predicted octanol–water partition coefficient (Wildman–Crippen LogP) is 1.38. The fourth-order valence-electron chi connectivity index (χ4n) is 3.19. The first-order valence-corrected chi connectivity index (χ1v) is 9.39. The number of anilines is 1. The number of fused-ring (bicyclic) bond motifs is 1. The van der Waals surface area contributed by atoms with Crippen LogP contribution in [-0.2, 0) is 11.3 Å². The van der Waals surface area contributed by atoms with Crippen LogP contribution < -0.4 is 15.0 Å². The maximum absolute atomic E-state index is 12.3. The van der Waals surface area contributed by atoms with E-state index in [1.807, 2.05) is 34.8 Å². The predicted molar refractivity (Wildman–Crippen MR) is 107 cm³/mol. The molecule has 1 aromatic heterocycles. The van der Waals surface area contributed by atoms with Crippen molar-refractivity contribution in [2.45, 2.75) is 25.4 Å². The lowest BCUT2D eigenvalue weighted by Crippen LogP contribution is -2.44. The second-order valence-corrected chi connectivity index (χ2v) is 7.17. The van der Waals surface area contributed by atoms with Crippen LogP contribution in [0, 0.1) is 0 Å². The minimum atomic E-state index is -0.0779. The van der Waals surface area contributed by atoms with Crippen LogP contribution in [0.3, 0.4) is 0 Å². The number of benzene rings is 1. The van der Waals surface area contributed by atoms with Crippen molar-refractivity contribution in [1.82, 2.24) is 19.8 Å². The molecule has 0 saturated heterocycles. The van der Waals surface area contributed by atoms with Crippen molar-refractivity contribution in [2.24, 2.45) is 0 Å². The fourth-order valence-corrected chi connectivity index (χ4v) is 3.19. The van der Waals surface area contributed by atoms with Gasteiger partial charge in [-0.05, 0) is 24.6 Å². The Morgan fingerprint density at radius 2 is 2.18 bits per heavy atom. The Kier molecular flexibility index (Phi) is 6.18. The molecule has 0 radical (unpaired) electrons. The molecular formula is C20H27N5O3. The van der Waals surface area contributed by atoms with Crippen LogP contribution in [0.4, 0.5) is 5.69 Å². The van der Waals surface area contributed by atoms with E-state index in [1.54, 1.807) is 37.6 Å². The average molecular weight is 385 g/mol. The molecule has 1 atom stereocenters. The Bertz CT molecular complexity index is 819. The Labute approximate surface area is 165 Å². The largest absolute Gasteiger partial charge is 0.489 e. The Hall–Kier alpha value is -3.03. The first-order valence-electron chi connectivity index (χ1n) is 9.39. The standard InChI is InChI=1S/C20H27N5O3/c1-23(2)20(27)15-5-6-18-17(11-15)24(3)16(13-28-18)12-19(26)22-7-4-9-25-10-8-21-14-25/h5-6,8,10-11,14,16H,4,7,9,12-13H2,1-3H3,(H,22,26)/t16-/m1/s1. The second-order valence-electron chi connectivity index (χ2n) is 7.17. The summed E-state index contributed by atoms with van der Waals surface area (Å²) in [5.41, 5.74) is 1.43. The van der Waals surface area contributed by atoms with Crippen molar-refractivity contribution in [3.63, 3.8) is 0 Å². The van der Waals surface area contributed by atoms with Gasteiger partial charge in [-0.1, -0.05) is 0 Å². The highest BCUT2D eigenvalue weighted by molar-refractivity contribution is 5.95. The Morgan fingerprint density at radius 3 is 2.89 bits per heavy atom. The first kappa shape index (κ1) is 19.7. The lowest BCUT2D eigenvalue weighted by molar-refractivity contribution is -0.121. The molecule has 2 amide bonds. The molecule has 0 bridgehead atoms. The summed E-state index contributed by atoms with van der Waals surface area (Å²) in [4.78, 5) is 32.1. The van der Waals surface area contributed by atoms with E-state index in [9.17, 15) is 9.59 Å². The van der Waals surface area contributed by atoms with Crippen LogP contribution in [-0.4, -0.2) is 66.6 Å². The molecule has 0 fully saturated rings. The maximum atomic E-state index is 12.3. The lowest BCUT2D eigenvalue weighted by atomic mass is 10.1. The zero-order chi connectivity index (χ0) is 20.1. The molecule has 0 unspecified atom stereocenters. The number of amides is 2. The molecule has 0 spiro atoms. The summed E-state index contributed by atoms with van der Waals surface area (Å²) in [6.45, 7) is 1.88. The molecule has 1 N–H and O–H groups in total. The molecule has 150 valence electrons. The molecule has 0 saturated carbocycles. The van der Waals surface area contributed by atoms with Crippen molar-refractivity contribution in [3.8, 4) is 5.75 Å². The Morgan fingerprint density at radius 1 is 1.36 bits per heavy atom. The molecule has 1 aliphatic rings. The van der Waals surface area contributed by atoms with E-state index in [0.717, 1.165) is 24.4 Å². The number of rotatable bonds is 7. The highest BCUT2D eigenvalue weighted by atomic mass is 16.5. The zero-order valence-corrected chi connectivity index (χ0v) is 16.6. The van der Waals surface area contributed by atoms with Crippen molar-refractivity contribution in [2.75, 3.05) is 39.2 Å². The minimum absolute atomic E-state index is 0.00458. The van der Waals surface area contributed by atoms with Crippen molar-refractivity contribution in [3.05, 3.63) is 42.5 Å². The van der Waals surface area contributed by atoms with Gasteiger partial charge >= 0.3 is 0 Å². The highest BCUT2D eigenvalue weighted by Crippen LogP contribution is 2.34. The zero-order valence-electron chi connectivity index (χ0n) is 16.6. The summed E-state index contributed by atoms with van der Waals surface area (Å²) >= 11 is 0. The molecule has 3 rings (SSSR count). The topological polar surface area (TPSA) is 79.7 Å². The van der Waals surface area contributed by atoms with Gasteiger partial charge in [-0.15, -0.1) is 0 Å². The van der Waals surface area contributed by atoms with E-state index in [1.165, 1.54) is 0 Å². The third-order valence-electron chi connectivity index (χ3n) is 4.87. The molecule has 28 heavy (non-hydrogen) atoms. The van der Waals surface area contributed by atoms with Crippen LogP contribution in [0.5, 0.6) is 5.75 Å². The normalized spacial score (nSPS) is 15.5. The fraction of sp³-hybridized carbons (Fsp3) is 0.450. The van der Waals surface area contributed by atoms with Gasteiger partial charge in [0.05, 0.1) is 24.5 Å². The number of nitrogens with zero attached hydrogens (tertiary/aromatic N) is 4. The molecule has 2 aromatic rings. The summed E-state index contributed by atoms with van der Waals surface area (Å²) < 4.78 is 7.80. The van der Waals surface area contributed by atoms with Crippen LogP contribution in [0.15, 0.2) is 36.9 Å². The van der Waals surface area contributed by atoms with Gasteiger partial charge in [-0.3, -0.25) is 9.59 Å². The monoisotopic (exact) mass is 385 g/mol. The van der Waals surface area contributed by atoms with E-state index in [0.29, 0.717) is 25.1 Å². The van der Waals surface area contributed by atoms with Crippen LogP contribution in [0.1, 0.15) is 23.2 Å². The number of carbonyl (C=O) groups is 2. The van der Waals surface area contributed by atoms with Crippen LogP contribution in [0.2, 0.25) is 0 Å². The molecule has 8 nitrogen and oxygen atoms in total. The molecule has 2 heterocycles. The van der Waals surface area contributed by atoms with E-state index in [2.05, 4.69) is 10.3 Å². The van der Waals surface area contributed by atoms with E-state index in [-0.39, 0.29) is 17.9 Å². The van der Waals surface area contributed by atoms with E-state index < -0.39 is 0 Å². The van der Waals surface area contributed by atoms with Crippen molar-refractivity contribution >= 4 is 17.5 Å². The maximum Gasteiger partial charge on any atom is 0.253 e. The number of nitrogens with one attached hydrogen (secondary N) is 1. The molecule has 0 aliphatic carbocycles. The third-order valence-corrected chi connectivity index (χ3v) is 4.87. The number of hydrogen-bond acceptors (Lipinski definition) is 5. The number of imidazole rings is 1. The van der Waals surface area contributed by atoms with Crippen molar-refractivity contribution in [1.29, 1.82) is 0 Å². The summed E-state index contributed by atoms with van der Waals surface area (Å²) in [6, 6.07) is 5.33. The minimum Gasteiger partial charge on any atom is -0.489 e. The third kappa shape index (κ3) is 4.62. The van der Waals surface area contributed by atoms with Gasteiger partial charge in [-0.25, -0.2) is 4.98 Å². The van der Waals surface area contributed by atoms with E-state index in [4.69, 9.17) is 4.74 Å². The molecule has 1 aliphatic heterocycles. The Balaban J connectivity index is 1.54. The van der Waals surface area contributed by atoms with Gasteiger partial charge in [0, 0.05) is 52.2 Å². The number of aryl methyl sites for hydroxylation is 1. The number of ether oxygens (including phenoxy) is 1. The summed E-state index contributed by atoms with van der Waals surface area (Å²) in [5, 5.41) is 2.97. The quantitative estimate of drug-likeness (QED) is 0.729. The number of hydrogen-bond donors (Lipinski definition) is 1. The second kappa shape index (κ2) is 8.77. The first-order chi connectivity index (χ1) is 13.5. The molecular weight excluding hydrogens is 358 g/mol. The van der Waals surface area contributed by atoms with Gasteiger partial charge < -0.3 is 24.4 Å². The van der Waals surface area contributed by atoms with Gasteiger partial charge in [0.1, 0.15) is 12.4 Å². The lowest BCUT2D eigenvalue weighted by Gasteiger charge is -2.35. The van der Waals surface area contributed by atoms with Crippen molar-refractivity contribution < 1.29 is 14.3 Å². The summed E-state index contributed by atoms with van der Waals surface area (Å²) in [6.07, 6.45) is 6.60. The molecule has 1 aromatic carbocycles. The van der Waals surface area contributed by atoms with E-state index >= 15 is 0 Å². The molecule has 8 heteroatoms. The average Bonchev–Trinajstić information content (AvgIpc) is 3.20. The smallest absolute Gasteiger partial charge is 0.253 e. The van der Waals surface area contributed by atoms with Crippen LogP contribution in [0.25, 0.3) is 0 Å². The van der Waals surface area contributed by atoms with Gasteiger partial charge in [0.25, 0.3) is 5.91 Å². The summed E-state index contributed by atoms with van der Waals surface area (Å²) in [7, 11) is 5.38. The van der Waals surface area contributed by atoms with Gasteiger partial charge in [0.2, 0.25) is 5.91 Å². The van der Waals surface area contributed by atoms with Gasteiger partial charge in [0.15, 0.2) is 0 Å². The number of likely N-dealkylation sites (N-methyl/N-ethyl adjacent to an activating group) is 1. The summed E-state index contributed by atoms with van der Waals surface area (Å²) in [5.74, 6) is 0.666. The number of carbonyl (C=O) groups excluding carboxylic acids is 2. The van der Waals surface area contributed by atoms with Gasteiger partial charge in [-0.2, -0.15) is 0 Å².